The highest BCUT2D eigenvalue weighted by Crippen LogP contribution is 2.26. The summed E-state index contributed by atoms with van der Waals surface area (Å²) in [5.74, 6) is 2.65. The molecule has 0 spiro atoms. The van der Waals surface area contributed by atoms with Crippen molar-refractivity contribution < 1.29 is 9.47 Å². The van der Waals surface area contributed by atoms with Crippen LogP contribution in [0.5, 0.6) is 11.5 Å². The van der Waals surface area contributed by atoms with Crippen LogP contribution >= 0.6 is 0 Å². The minimum absolute atomic E-state index is 0.397. The summed E-state index contributed by atoms with van der Waals surface area (Å²) in [6.07, 6.45) is 1.03. The van der Waals surface area contributed by atoms with E-state index in [1.165, 1.54) is 10.9 Å². The topological polar surface area (TPSA) is 36.3 Å². The molecular weight excluding hydrogens is 396 g/mol. The molecule has 4 nitrogen and oxygen atoms in total. The van der Waals surface area contributed by atoms with E-state index in [1.807, 2.05) is 54.6 Å². The summed E-state index contributed by atoms with van der Waals surface area (Å²) in [4.78, 5) is 4.84. The third-order valence-electron chi connectivity index (χ3n) is 5.76. The second kappa shape index (κ2) is 9.15. The highest BCUT2D eigenvalue weighted by molar-refractivity contribution is 5.88. The number of ether oxygens (including phenoxy) is 2. The van der Waals surface area contributed by atoms with Crippen LogP contribution in [0.3, 0.4) is 0 Å². The van der Waals surface area contributed by atoms with Gasteiger partial charge < -0.3 is 14.0 Å². The summed E-state index contributed by atoms with van der Waals surface area (Å²) in [7, 11) is 0. The number of benzene rings is 4. The first-order valence-corrected chi connectivity index (χ1v) is 11.1. The molecule has 1 aromatic heterocycles. The molecule has 4 heteroatoms. The first-order chi connectivity index (χ1) is 15.8. The van der Waals surface area contributed by atoms with Gasteiger partial charge in [-0.1, -0.05) is 67.6 Å². The van der Waals surface area contributed by atoms with Crippen molar-refractivity contribution in [1.29, 1.82) is 0 Å². The molecule has 32 heavy (non-hydrogen) atoms. The highest BCUT2D eigenvalue weighted by atomic mass is 16.5. The summed E-state index contributed by atoms with van der Waals surface area (Å²) >= 11 is 0. The van der Waals surface area contributed by atoms with E-state index in [-0.39, 0.29) is 0 Å². The van der Waals surface area contributed by atoms with E-state index in [9.17, 15) is 0 Å². The van der Waals surface area contributed by atoms with Gasteiger partial charge in [-0.25, -0.2) is 4.98 Å². The van der Waals surface area contributed by atoms with Gasteiger partial charge in [0.05, 0.1) is 17.6 Å². The van der Waals surface area contributed by atoms with Crippen molar-refractivity contribution >= 4 is 21.8 Å². The van der Waals surface area contributed by atoms with Crippen LogP contribution in [0.15, 0.2) is 91.0 Å². The average Bonchev–Trinajstić information content (AvgIpc) is 3.20. The maximum absolute atomic E-state index is 6.24. The lowest BCUT2D eigenvalue weighted by atomic mass is 10.1. The Morgan fingerprint density at radius 1 is 0.781 bits per heavy atom. The fraction of sp³-hybridized carbons (Fsp3) is 0.179. The van der Waals surface area contributed by atoms with Crippen LogP contribution in [0.2, 0.25) is 0 Å². The molecule has 0 amide bonds. The monoisotopic (exact) mass is 422 g/mol. The third kappa shape index (κ3) is 4.17. The van der Waals surface area contributed by atoms with Crippen LogP contribution in [0.25, 0.3) is 21.8 Å². The van der Waals surface area contributed by atoms with Crippen LogP contribution in [-0.4, -0.2) is 16.2 Å². The second-order valence-corrected chi connectivity index (χ2v) is 7.78. The van der Waals surface area contributed by atoms with Gasteiger partial charge in [0.2, 0.25) is 0 Å². The summed E-state index contributed by atoms with van der Waals surface area (Å²) in [6.45, 7) is 3.81. The van der Waals surface area contributed by atoms with Gasteiger partial charge in [0.1, 0.15) is 30.5 Å². The van der Waals surface area contributed by atoms with Gasteiger partial charge in [-0.3, -0.25) is 0 Å². The van der Waals surface area contributed by atoms with E-state index in [0.717, 1.165) is 40.2 Å². The third-order valence-corrected chi connectivity index (χ3v) is 5.76. The van der Waals surface area contributed by atoms with Crippen molar-refractivity contribution in [3.05, 3.63) is 102 Å². The van der Waals surface area contributed by atoms with Crippen molar-refractivity contribution in [2.24, 2.45) is 0 Å². The van der Waals surface area contributed by atoms with E-state index in [1.54, 1.807) is 0 Å². The number of aryl methyl sites for hydroxylation is 1. The molecule has 0 radical (unpaired) electrons. The number of hydrogen-bond donors (Lipinski definition) is 0. The number of imidazole rings is 1. The molecule has 5 rings (SSSR count). The lowest BCUT2D eigenvalue weighted by molar-refractivity contribution is 0.274. The quantitative estimate of drug-likeness (QED) is 0.290. The number of rotatable bonds is 8. The van der Waals surface area contributed by atoms with Crippen molar-refractivity contribution in [1.82, 2.24) is 9.55 Å². The van der Waals surface area contributed by atoms with E-state index < -0.39 is 0 Å². The van der Waals surface area contributed by atoms with E-state index >= 15 is 0 Å². The Kier molecular flexibility index (Phi) is 5.75. The largest absolute Gasteiger partial charge is 0.492 e. The van der Waals surface area contributed by atoms with Gasteiger partial charge in [0, 0.05) is 5.39 Å². The van der Waals surface area contributed by atoms with E-state index in [0.29, 0.717) is 19.8 Å². The van der Waals surface area contributed by atoms with E-state index in [4.69, 9.17) is 14.5 Å². The zero-order valence-corrected chi connectivity index (χ0v) is 18.2. The zero-order valence-electron chi connectivity index (χ0n) is 18.2. The molecule has 1 heterocycles. The van der Waals surface area contributed by atoms with Gasteiger partial charge >= 0.3 is 0 Å². The Bertz CT molecular complexity index is 1330. The molecule has 0 bridgehead atoms. The second-order valence-electron chi connectivity index (χ2n) is 7.78. The van der Waals surface area contributed by atoms with Gasteiger partial charge in [0.25, 0.3) is 0 Å². The number of aromatic nitrogens is 2. The maximum atomic E-state index is 6.24. The number of para-hydroxylation sites is 2. The average molecular weight is 423 g/mol. The molecule has 0 aliphatic carbocycles. The van der Waals surface area contributed by atoms with Gasteiger partial charge in [-0.05, 0) is 47.7 Å². The molecule has 0 N–H and O–H groups in total. The fourth-order valence-electron chi connectivity index (χ4n) is 4.03. The van der Waals surface area contributed by atoms with Crippen LogP contribution < -0.4 is 9.47 Å². The first-order valence-electron chi connectivity index (χ1n) is 11.1. The molecule has 0 atom stereocenters. The molecule has 0 unspecified atom stereocenters. The van der Waals surface area contributed by atoms with Crippen molar-refractivity contribution in [2.75, 3.05) is 6.61 Å². The Labute approximate surface area is 188 Å². The Morgan fingerprint density at radius 2 is 1.56 bits per heavy atom. The highest BCUT2D eigenvalue weighted by Gasteiger charge is 2.12. The molecule has 5 aromatic rings. The lowest BCUT2D eigenvalue weighted by Crippen LogP contribution is -2.13. The Balaban J connectivity index is 1.35. The van der Waals surface area contributed by atoms with Crippen molar-refractivity contribution in [3.8, 4) is 11.5 Å². The minimum Gasteiger partial charge on any atom is -0.492 e. The van der Waals surface area contributed by atoms with Gasteiger partial charge in [0.15, 0.2) is 0 Å². The minimum atomic E-state index is 0.397. The lowest BCUT2D eigenvalue weighted by Gasteiger charge is -2.13. The number of fused-ring (bicyclic) bond motifs is 2. The molecule has 0 saturated heterocycles. The van der Waals surface area contributed by atoms with Gasteiger partial charge in [-0.15, -0.1) is 0 Å². The van der Waals surface area contributed by atoms with Crippen molar-refractivity contribution in [2.45, 2.75) is 26.5 Å². The molecular formula is C28H26N2O2. The summed E-state index contributed by atoms with van der Waals surface area (Å²) in [5, 5.41) is 2.28. The smallest absolute Gasteiger partial charge is 0.148 e. The SMILES string of the molecule is CCc1ccc(OCCn2c(COc3cccc4ccccc34)nc3ccccc32)cc1. The van der Waals surface area contributed by atoms with Crippen LogP contribution in [0.4, 0.5) is 0 Å². The van der Waals surface area contributed by atoms with E-state index in [2.05, 4.69) is 47.9 Å². The first kappa shape index (κ1) is 20.1. The molecule has 0 aliphatic rings. The normalized spacial score (nSPS) is 11.2. The summed E-state index contributed by atoms with van der Waals surface area (Å²) in [6, 6.07) is 30.9. The molecule has 0 aliphatic heterocycles. The maximum Gasteiger partial charge on any atom is 0.148 e. The standard InChI is InChI=1S/C28H26N2O2/c1-2-21-14-16-23(17-15-21)31-19-18-30-26-12-6-5-11-25(26)29-28(30)20-32-27-13-7-9-22-8-3-4-10-24(22)27/h3-17H,2,18-20H2,1H3. The molecule has 0 fully saturated rings. The number of nitrogens with zero attached hydrogens (tertiary/aromatic N) is 2. The van der Waals surface area contributed by atoms with Crippen LogP contribution in [0, 0.1) is 0 Å². The molecule has 4 aromatic carbocycles. The van der Waals surface area contributed by atoms with Crippen LogP contribution in [-0.2, 0) is 19.6 Å². The summed E-state index contributed by atoms with van der Waals surface area (Å²) < 4.78 is 14.5. The number of hydrogen-bond acceptors (Lipinski definition) is 3. The van der Waals surface area contributed by atoms with Crippen LogP contribution in [0.1, 0.15) is 18.3 Å². The molecule has 160 valence electrons. The zero-order chi connectivity index (χ0) is 21.8. The summed E-state index contributed by atoms with van der Waals surface area (Å²) in [5.41, 5.74) is 3.37. The van der Waals surface area contributed by atoms with Gasteiger partial charge in [-0.2, -0.15) is 0 Å². The fourth-order valence-corrected chi connectivity index (χ4v) is 4.03. The predicted molar refractivity (Wildman–Crippen MR) is 129 cm³/mol. The molecule has 0 saturated carbocycles. The van der Waals surface area contributed by atoms with Crippen molar-refractivity contribution in [3.63, 3.8) is 0 Å². The Hall–Kier alpha value is -3.79. The predicted octanol–water partition coefficient (Wildman–Crippen LogP) is 6.41. The Morgan fingerprint density at radius 3 is 2.44 bits per heavy atom.